The number of carbonyl (C=O) groups excluding carboxylic acids is 3. The van der Waals surface area contributed by atoms with E-state index < -0.39 is 34.3 Å². The van der Waals surface area contributed by atoms with Crippen molar-refractivity contribution in [3.8, 4) is 0 Å². The smallest absolute Gasteiger partial charge is 0.254 e. The maximum atomic E-state index is 13.6. The zero-order chi connectivity index (χ0) is 17.2. The molecule has 2 aliphatic heterocycles. The number of nitrogen functional groups attached to an aromatic ring is 1. The number of carbonyl (C=O) groups is 3. The van der Waals surface area contributed by atoms with Gasteiger partial charge in [0.05, 0.1) is 21.1 Å². The van der Waals surface area contributed by atoms with Gasteiger partial charge in [0.15, 0.2) is 0 Å². The van der Waals surface area contributed by atoms with Gasteiger partial charge in [-0.2, -0.15) is 0 Å². The number of halogens is 1. The van der Waals surface area contributed by atoms with Crippen molar-refractivity contribution < 1.29 is 18.8 Å². The molecule has 1 fully saturated rings. The second kappa shape index (κ2) is 4.63. The summed E-state index contributed by atoms with van der Waals surface area (Å²) in [5.41, 5.74) is 3.47. The van der Waals surface area contributed by atoms with Crippen LogP contribution in [0.1, 0.15) is 28.8 Å². The van der Waals surface area contributed by atoms with Crippen LogP contribution < -0.4 is 11.1 Å². The second-order valence-corrected chi connectivity index (χ2v) is 5.69. The molecule has 0 aromatic heterocycles. The van der Waals surface area contributed by atoms with E-state index in [0.29, 0.717) is 0 Å². The van der Waals surface area contributed by atoms with Crippen LogP contribution in [-0.2, 0) is 14.9 Å². The summed E-state index contributed by atoms with van der Waals surface area (Å²) in [5, 5.41) is 0.0275. The van der Waals surface area contributed by atoms with Gasteiger partial charge in [-0.15, -0.1) is 0 Å². The molecule has 3 amide bonds. The fourth-order valence-corrected chi connectivity index (χ4v) is 3.08. The van der Waals surface area contributed by atoms with Crippen LogP contribution >= 0.6 is 0 Å². The second-order valence-electron chi connectivity index (χ2n) is 5.69. The fraction of sp³-hybridized carbons (Fsp3) is 0.308. The van der Waals surface area contributed by atoms with E-state index in [1.54, 1.807) is 0 Å². The van der Waals surface area contributed by atoms with Crippen molar-refractivity contribution in [2.24, 2.45) is 0 Å². The van der Waals surface area contributed by atoms with Crippen LogP contribution in [-0.4, -0.2) is 51.6 Å². The highest BCUT2D eigenvalue weighted by Crippen LogP contribution is 2.43. The minimum atomic E-state index is -2.02. The maximum absolute atomic E-state index is 13.6. The van der Waals surface area contributed by atoms with Crippen LogP contribution in [0.15, 0.2) is 12.1 Å². The van der Waals surface area contributed by atoms with Gasteiger partial charge in [0.25, 0.3) is 5.91 Å². The highest BCUT2D eigenvalue weighted by atomic mass is 19.1. The van der Waals surface area contributed by atoms with Gasteiger partial charge in [0.1, 0.15) is 13.7 Å². The Morgan fingerprint density at radius 3 is 2.48 bits per heavy atom. The zero-order valence-electron chi connectivity index (χ0n) is 11.9. The standard InChI is InChI=1S/C13H9B3FN3O3/c14-12(2-1-8(21)19-11(12)23)20-10(22)6-3-5(17)4-7(18)9(6)13(20,15)16/h3-4H,1-2,18H2,(H,19,21,23). The van der Waals surface area contributed by atoms with Gasteiger partial charge in [-0.25, -0.2) is 4.39 Å². The Hall–Kier alpha value is -2.25. The molecule has 3 N–H and O–H groups in total. The molecular weight excluding hydrogens is 298 g/mol. The van der Waals surface area contributed by atoms with Gasteiger partial charge in [0.2, 0.25) is 11.8 Å². The highest BCUT2D eigenvalue weighted by Gasteiger charge is 2.55. The molecule has 1 aromatic carbocycles. The first-order valence-corrected chi connectivity index (χ1v) is 6.74. The number of hydrogen-bond acceptors (Lipinski definition) is 4. The number of benzene rings is 1. The molecule has 0 saturated carbocycles. The first-order chi connectivity index (χ1) is 10.6. The summed E-state index contributed by atoms with van der Waals surface area (Å²) in [7, 11) is 18.1. The summed E-state index contributed by atoms with van der Waals surface area (Å²) in [6.07, 6.45) is -0.266. The molecule has 0 spiro atoms. The number of hydrogen-bond donors (Lipinski definition) is 2. The number of piperidine rings is 1. The lowest BCUT2D eigenvalue weighted by atomic mass is 9.54. The molecule has 1 saturated heterocycles. The summed E-state index contributed by atoms with van der Waals surface area (Å²) < 4.78 is 13.6. The molecule has 3 rings (SSSR count). The quantitative estimate of drug-likeness (QED) is 0.380. The van der Waals surface area contributed by atoms with E-state index in [9.17, 15) is 18.8 Å². The first kappa shape index (κ1) is 15.6. The number of nitrogens with zero attached hydrogens (tertiary/aromatic N) is 1. The lowest BCUT2D eigenvalue weighted by Gasteiger charge is -2.48. The van der Waals surface area contributed by atoms with E-state index in [4.69, 9.17) is 29.3 Å². The third kappa shape index (κ3) is 2.00. The van der Waals surface area contributed by atoms with Crippen molar-refractivity contribution in [3.63, 3.8) is 0 Å². The molecule has 2 heterocycles. The summed E-state index contributed by atoms with van der Waals surface area (Å²) in [6.45, 7) is 0. The van der Waals surface area contributed by atoms with Crippen molar-refractivity contribution in [2.45, 2.75) is 23.6 Å². The Bertz CT molecular complexity index is 770. The van der Waals surface area contributed by atoms with Crippen molar-refractivity contribution in [2.75, 3.05) is 5.73 Å². The van der Waals surface area contributed by atoms with Gasteiger partial charge in [-0.05, 0) is 29.5 Å². The summed E-state index contributed by atoms with van der Waals surface area (Å²) in [6, 6.07) is 1.90. The third-order valence-corrected chi connectivity index (χ3v) is 4.12. The van der Waals surface area contributed by atoms with Gasteiger partial charge in [-0.3, -0.25) is 19.7 Å². The number of nitrogens with one attached hydrogen (secondary N) is 1. The summed E-state index contributed by atoms with van der Waals surface area (Å²) >= 11 is 0. The molecular formula is C13H9B3FN3O3. The van der Waals surface area contributed by atoms with Gasteiger partial charge >= 0.3 is 0 Å². The third-order valence-electron chi connectivity index (χ3n) is 4.12. The number of amides is 3. The molecule has 1 aromatic rings. The Balaban J connectivity index is 2.16. The van der Waals surface area contributed by atoms with Gasteiger partial charge < -0.3 is 10.6 Å². The van der Waals surface area contributed by atoms with E-state index >= 15 is 0 Å². The lowest BCUT2D eigenvalue weighted by Crippen LogP contribution is -2.68. The number of nitrogens with two attached hydrogens (primary N) is 1. The average Bonchev–Trinajstić information content (AvgIpc) is 2.62. The topological polar surface area (TPSA) is 92.5 Å². The van der Waals surface area contributed by atoms with Crippen LogP contribution in [0.3, 0.4) is 0 Å². The van der Waals surface area contributed by atoms with Crippen LogP contribution in [0.2, 0.25) is 0 Å². The largest absolute Gasteiger partial charge is 0.398 e. The molecule has 110 valence electrons. The monoisotopic (exact) mass is 307 g/mol. The molecule has 10 heteroatoms. The van der Waals surface area contributed by atoms with Crippen molar-refractivity contribution in [3.05, 3.63) is 29.1 Å². The van der Waals surface area contributed by atoms with Gasteiger partial charge in [-0.1, -0.05) is 0 Å². The van der Waals surface area contributed by atoms with Crippen LogP contribution in [0, 0.1) is 5.82 Å². The highest BCUT2D eigenvalue weighted by molar-refractivity contribution is 6.45. The predicted octanol–water partition coefficient (Wildman–Crippen LogP) is -1.39. The molecule has 6 nitrogen and oxygen atoms in total. The van der Waals surface area contributed by atoms with Crippen molar-refractivity contribution in [1.29, 1.82) is 0 Å². The summed E-state index contributed by atoms with van der Waals surface area (Å²) in [5.74, 6) is -3.01. The van der Waals surface area contributed by atoms with Gasteiger partial charge in [0, 0.05) is 17.7 Å². The maximum Gasteiger partial charge on any atom is 0.254 e. The van der Waals surface area contributed by atoms with Crippen LogP contribution in [0.25, 0.3) is 0 Å². The van der Waals surface area contributed by atoms with E-state index in [2.05, 4.69) is 0 Å². The van der Waals surface area contributed by atoms with E-state index in [-0.39, 0.29) is 29.7 Å². The zero-order valence-corrected chi connectivity index (χ0v) is 11.9. The number of rotatable bonds is 1. The molecule has 6 radical (unpaired) electrons. The Labute approximate surface area is 135 Å². The Morgan fingerprint density at radius 2 is 1.87 bits per heavy atom. The minimum Gasteiger partial charge on any atom is -0.398 e. The number of fused-ring (bicyclic) bond motifs is 1. The Morgan fingerprint density at radius 1 is 1.22 bits per heavy atom. The first-order valence-electron chi connectivity index (χ1n) is 6.74. The predicted molar refractivity (Wildman–Crippen MR) is 81.0 cm³/mol. The normalized spacial score (nSPS) is 26.1. The molecule has 0 bridgehead atoms. The minimum absolute atomic E-state index is 0.0153. The molecule has 0 aliphatic carbocycles. The van der Waals surface area contributed by atoms with Crippen LogP contribution in [0.5, 0.6) is 0 Å². The molecule has 2 aliphatic rings. The van der Waals surface area contributed by atoms with Crippen molar-refractivity contribution >= 4 is 46.9 Å². The van der Waals surface area contributed by atoms with E-state index in [1.165, 1.54) is 0 Å². The van der Waals surface area contributed by atoms with Crippen LogP contribution in [0.4, 0.5) is 10.1 Å². The number of anilines is 1. The summed E-state index contributed by atoms with van der Waals surface area (Å²) in [4.78, 5) is 36.9. The van der Waals surface area contributed by atoms with E-state index in [1.807, 2.05) is 5.32 Å². The average molecular weight is 307 g/mol. The number of imide groups is 1. The van der Waals surface area contributed by atoms with E-state index in [0.717, 1.165) is 17.0 Å². The fourth-order valence-electron chi connectivity index (χ4n) is 3.08. The lowest BCUT2D eigenvalue weighted by molar-refractivity contribution is -0.139. The molecule has 1 unspecified atom stereocenters. The molecule has 1 atom stereocenters. The SMILES string of the molecule is [B]C1(N2C(=O)c3cc(F)cc(N)c3C2([B])[B])CCC(=O)NC1=O. The Kier molecular flexibility index (Phi) is 3.15. The molecule has 23 heavy (non-hydrogen) atoms. The van der Waals surface area contributed by atoms with Crippen molar-refractivity contribution in [1.82, 2.24) is 10.2 Å².